The van der Waals surface area contributed by atoms with Crippen LogP contribution in [0.2, 0.25) is 0 Å². The number of phosphoric ester groups is 6. The lowest BCUT2D eigenvalue weighted by molar-refractivity contribution is -0.137. The highest BCUT2D eigenvalue weighted by Gasteiger charge is 2.54. The minimum Gasteiger partial charge on any atom is -0.386 e. The van der Waals surface area contributed by atoms with Gasteiger partial charge in [-0.2, -0.15) is 8.62 Å². The van der Waals surface area contributed by atoms with Crippen LogP contribution in [0.4, 0.5) is 11.6 Å². The zero-order chi connectivity index (χ0) is 88.9. The first kappa shape index (κ1) is 98.4. The fraction of sp³-hybridized carbons (Fsp3) is 0.672. The van der Waals surface area contributed by atoms with Gasteiger partial charge in [-0.05, 0) is 75.3 Å². The predicted molar refractivity (Wildman–Crippen MR) is 417 cm³/mol. The van der Waals surface area contributed by atoms with Crippen molar-refractivity contribution in [2.45, 2.75) is 211 Å². The van der Waals surface area contributed by atoms with Crippen molar-refractivity contribution in [3.8, 4) is 0 Å². The van der Waals surface area contributed by atoms with Crippen LogP contribution in [0.15, 0.2) is 49.6 Å². The molecule has 14 atom stereocenters. The summed E-state index contributed by atoms with van der Waals surface area (Å²) in [6, 6.07) is 8.31. The number of Topliss-reactive ketones (excluding diaryl/α,β-unsaturated/α-hetero) is 2. The lowest BCUT2D eigenvalue weighted by Gasteiger charge is -2.30. The van der Waals surface area contributed by atoms with Crippen LogP contribution >= 0.6 is 46.9 Å². The third kappa shape index (κ3) is 28.3. The number of anilines is 2. The number of aliphatic hydroxyl groups is 4. The van der Waals surface area contributed by atoms with Crippen molar-refractivity contribution in [3.63, 3.8) is 0 Å². The molecule has 6 heterocycles. The van der Waals surface area contributed by atoms with E-state index in [9.17, 15) is 116 Å². The summed E-state index contributed by atoms with van der Waals surface area (Å²) in [6.07, 6.45) is -1.50. The Labute approximate surface area is 691 Å². The number of nitrogen functional groups attached to an aromatic ring is 2. The number of aliphatic hydroxyl groups excluding tert-OH is 4. The van der Waals surface area contributed by atoms with Gasteiger partial charge in [-0.25, -0.2) is 57.3 Å². The van der Waals surface area contributed by atoms with Crippen LogP contribution in [-0.2, 0) is 114 Å². The summed E-state index contributed by atoms with van der Waals surface area (Å²) < 4.78 is 126. The second-order valence-electron chi connectivity index (χ2n) is 31.3. The number of unbranched alkanes of at least 4 members (excludes halogenated alkanes) is 5. The van der Waals surface area contributed by atoms with Crippen LogP contribution in [0.25, 0.3) is 22.3 Å². The van der Waals surface area contributed by atoms with Crippen LogP contribution in [0.1, 0.15) is 160 Å². The van der Waals surface area contributed by atoms with Crippen LogP contribution in [0.5, 0.6) is 0 Å². The highest BCUT2D eigenvalue weighted by molar-refractivity contribution is 7.61. The Kier molecular flexibility index (Phi) is 33.7. The lowest BCUT2D eigenvalue weighted by atomic mass is 9.87. The number of ketones is 2. The van der Waals surface area contributed by atoms with Gasteiger partial charge in [0.2, 0.25) is 23.6 Å². The van der Waals surface area contributed by atoms with E-state index < -0.39 is 180 Å². The van der Waals surface area contributed by atoms with Crippen molar-refractivity contribution in [2.75, 3.05) is 64.1 Å². The molecular formula is C67H104N14O34P6. The topological polar surface area (TPSA) is 727 Å². The largest absolute Gasteiger partial charge is 0.481 e. The summed E-state index contributed by atoms with van der Waals surface area (Å²) >= 11 is 0. The number of hydrogen-bond acceptors (Lipinski definition) is 34. The molecule has 20 N–H and O–H groups in total. The molecule has 54 heteroatoms. The number of fused-ring (bicyclic) bond motifs is 2. The second kappa shape index (κ2) is 41.4. The number of ether oxygens (including phenoxy) is 2. The van der Waals surface area contributed by atoms with E-state index in [2.05, 4.69) is 81.0 Å². The first-order valence-corrected chi connectivity index (χ1v) is 47.5. The Morgan fingerprint density at radius 2 is 0.851 bits per heavy atom. The fourth-order valence-corrected chi connectivity index (χ4v) is 19.5. The van der Waals surface area contributed by atoms with Crippen molar-refractivity contribution < 1.29 is 161 Å². The van der Waals surface area contributed by atoms with Crippen molar-refractivity contribution in [1.82, 2.24) is 60.3 Å². The zero-order valence-electron chi connectivity index (χ0n) is 66.2. The maximum absolute atomic E-state index is 13.4. The summed E-state index contributed by atoms with van der Waals surface area (Å²) in [5.41, 5.74) is 10.1. The fourth-order valence-electron chi connectivity index (χ4n) is 13.8. The summed E-state index contributed by atoms with van der Waals surface area (Å²) in [7, 11) is -33.2. The summed E-state index contributed by atoms with van der Waals surface area (Å²) in [6.45, 7) is 0.375. The molecule has 676 valence electrons. The molecule has 14 unspecified atom stereocenters. The number of nitrogens with one attached hydrogen (secondary N) is 4. The standard InChI is InChI=1S/C67H104N14O34P6/c1-64(2,34-108-120(102,103)114-118(98,99)106-32-42-52(112-116(92,93)94)50(86)62(110-42)80-38-78-48-56(68)74-36-76-58(48)80)54(88)60(90)72-30-20-46(84)70-28-18-44(82)66(24-25-66)22-12-6-5-8-14-40-16-10-11-17-41(40)15-9-7-13-23-67(26-27-67)45(83)19-29-71-47(85)21-31-73-61(91)55(89)65(3,4)35-109-121(104,105)115-119(100,101)107-33-43-53(113-117(95,96)97)51(87)63(111-43)81-39-79-49-57(69)75-37-77-59(49)81/h10-11,16-17,36-39,42-43,50-55,62-63,86-89H,5-9,12-15,18-35H2,1-4H3,(H,70,84)(H,71,85)(H,72,90)(H,73,91)(H,98,99)(H,100,101)(H,102,103)(H,104,105)(H2,68,74,76)(H2,69,75,77)(H2,92,93,94)(H2,95,96,97). The second-order valence-corrected chi connectivity index (χ2v) is 39.8. The average Bonchev–Trinajstić information content (AvgIpc) is 1.59. The minimum atomic E-state index is -5.64. The highest BCUT2D eigenvalue weighted by atomic mass is 31.3. The van der Waals surface area contributed by atoms with Crippen LogP contribution in [0, 0.1) is 21.7 Å². The van der Waals surface area contributed by atoms with Crippen LogP contribution in [0.3, 0.4) is 0 Å². The first-order chi connectivity index (χ1) is 56.5. The molecule has 0 spiro atoms. The molecular weight excluding hydrogens is 1730 g/mol. The molecule has 2 saturated carbocycles. The van der Waals surface area contributed by atoms with Gasteiger partial charge in [-0.3, -0.25) is 65.0 Å². The van der Waals surface area contributed by atoms with Gasteiger partial charge in [0.05, 0.1) is 39.1 Å². The van der Waals surface area contributed by atoms with Crippen molar-refractivity contribution >= 4 is 116 Å². The van der Waals surface area contributed by atoms with E-state index in [1.807, 2.05) is 12.1 Å². The Morgan fingerprint density at radius 1 is 0.504 bits per heavy atom. The number of nitrogens with zero attached hydrogens (tertiary/aromatic N) is 8. The number of aromatic nitrogens is 8. The molecule has 4 amide bonds. The molecule has 2 aliphatic carbocycles. The molecule has 121 heavy (non-hydrogen) atoms. The molecule has 2 saturated heterocycles. The van der Waals surface area contributed by atoms with Gasteiger partial charge >= 0.3 is 46.9 Å². The molecule has 4 aliphatic rings. The summed E-state index contributed by atoms with van der Waals surface area (Å²) in [5.74, 6) is -3.03. The number of aryl methyl sites for hydroxylation is 2. The normalized spacial score (nSPS) is 22.8. The van der Waals surface area contributed by atoms with Crippen molar-refractivity contribution in [2.24, 2.45) is 21.7 Å². The SMILES string of the molecule is CC(C)(COP(=O)(O)OP(=O)(O)OCC1OC(n2cnc3c(N)ncnc32)C(O)C1OP(=O)(O)O)C(O)C(=O)NCCC(=O)NCCC(=O)C1(CCCCCCc2ccccc2CCCCCC2(C(=O)CCNC(=O)CCNC(=O)C(O)C(C)(C)COP(=O)(O)OP(=O)(O)OCC3OC(n4cnc5c(N)ncnc54)C(O)C3OP(=O)(O)O)CC2)CC1. The van der Waals surface area contributed by atoms with Gasteiger partial charge in [0.1, 0.15) is 84.1 Å². The van der Waals surface area contributed by atoms with Gasteiger partial charge < -0.3 is 102 Å². The molecule has 0 bridgehead atoms. The van der Waals surface area contributed by atoms with E-state index in [1.54, 1.807) is 0 Å². The summed E-state index contributed by atoms with van der Waals surface area (Å²) in [5, 5.41) is 53.8. The van der Waals surface area contributed by atoms with Gasteiger partial charge in [-0.1, -0.05) is 84.1 Å². The summed E-state index contributed by atoms with van der Waals surface area (Å²) in [4.78, 5) is 181. The maximum Gasteiger partial charge on any atom is 0.481 e. The number of carbonyl (C=O) groups excluding carboxylic acids is 6. The molecule has 5 aromatic rings. The Bertz CT molecular complexity index is 4770. The number of phosphoric acid groups is 6. The van der Waals surface area contributed by atoms with E-state index >= 15 is 0 Å². The molecule has 9 rings (SSSR count). The maximum atomic E-state index is 13.4. The van der Waals surface area contributed by atoms with Gasteiger partial charge in [0.25, 0.3) is 0 Å². The molecule has 4 aromatic heterocycles. The lowest BCUT2D eigenvalue weighted by Crippen LogP contribution is -2.46. The quantitative estimate of drug-likeness (QED) is 0.0196. The highest BCUT2D eigenvalue weighted by Crippen LogP contribution is 2.63. The zero-order valence-corrected chi connectivity index (χ0v) is 71.6. The number of benzene rings is 1. The van der Waals surface area contributed by atoms with Gasteiger partial charge in [0, 0.05) is 73.5 Å². The number of hydrogen-bond donors (Lipinski definition) is 18. The first-order valence-electron chi connectivity index (χ1n) is 38.5. The number of imidazole rings is 2. The van der Waals surface area contributed by atoms with Crippen molar-refractivity contribution in [1.29, 1.82) is 0 Å². The van der Waals surface area contributed by atoms with Crippen molar-refractivity contribution in [3.05, 3.63) is 60.7 Å². The van der Waals surface area contributed by atoms with E-state index in [0.29, 0.717) is 0 Å². The van der Waals surface area contributed by atoms with E-state index in [4.69, 9.17) is 39.0 Å². The monoisotopic (exact) mass is 1830 g/mol. The van der Waals surface area contributed by atoms with Crippen LogP contribution < -0.4 is 32.7 Å². The third-order valence-electron chi connectivity index (χ3n) is 21.0. The molecule has 4 fully saturated rings. The molecule has 1 aromatic carbocycles. The predicted octanol–water partition coefficient (Wildman–Crippen LogP) is 2.60. The van der Waals surface area contributed by atoms with E-state index in [1.165, 1.54) is 38.8 Å². The number of nitrogens with two attached hydrogens (primary N) is 2. The molecule has 2 aliphatic heterocycles. The smallest absolute Gasteiger partial charge is 0.386 e. The number of amides is 4. The number of carbonyl (C=O) groups is 6. The van der Waals surface area contributed by atoms with Crippen LogP contribution in [-0.4, -0.2) is 235 Å². The molecule has 0 radical (unpaired) electrons. The Morgan fingerprint density at radius 3 is 1.21 bits per heavy atom. The Hall–Kier alpha value is -6.36. The Balaban J connectivity index is 0.577. The van der Waals surface area contributed by atoms with E-state index in [0.717, 1.165) is 131 Å². The average molecular weight is 1840 g/mol. The number of rotatable bonds is 53. The third-order valence-corrected chi connectivity index (χ3v) is 27.2. The minimum absolute atomic E-state index is 0.00779. The van der Waals surface area contributed by atoms with Gasteiger partial charge in [0.15, 0.2) is 35.4 Å². The van der Waals surface area contributed by atoms with Gasteiger partial charge in [-0.15, -0.1) is 0 Å². The molecule has 48 nitrogen and oxygen atoms in total. The van der Waals surface area contributed by atoms with E-state index in [-0.39, 0.29) is 97.4 Å².